The van der Waals surface area contributed by atoms with Crippen LogP contribution in [0.3, 0.4) is 0 Å². The van der Waals surface area contributed by atoms with E-state index in [9.17, 15) is 14.7 Å². The normalized spacial score (nSPS) is 10.8. The fourth-order valence-electron chi connectivity index (χ4n) is 2.60. The van der Waals surface area contributed by atoms with Crippen LogP contribution in [0.25, 0.3) is 11.3 Å². The molecule has 0 atom stereocenters. The van der Waals surface area contributed by atoms with Crippen LogP contribution in [0, 0.1) is 6.92 Å². The van der Waals surface area contributed by atoms with E-state index in [0.29, 0.717) is 26.9 Å². The molecule has 0 saturated heterocycles. The van der Waals surface area contributed by atoms with Crippen LogP contribution in [-0.2, 0) is 13.5 Å². The quantitative estimate of drug-likeness (QED) is 0.678. The van der Waals surface area contributed by atoms with Crippen molar-refractivity contribution in [1.82, 2.24) is 9.78 Å². The molecule has 1 aromatic carbocycles. The lowest BCUT2D eigenvalue weighted by Crippen LogP contribution is -2.11. The number of carbonyl (C=O) groups is 2. The van der Waals surface area contributed by atoms with E-state index in [1.165, 1.54) is 16.0 Å². The first-order valence-electron chi connectivity index (χ1n) is 7.50. The number of thiophene rings is 1. The Bertz CT molecular complexity index is 957. The van der Waals surface area contributed by atoms with Crippen molar-refractivity contribution in [3.63, 3.8) is 0 Å². The van der Waals surface area contributed by atoms with Gasteiger partial charge in [-0.25, -0.2) is 4.79 Å². The standard InChI is InChI=1S/C18H15ClN2O3S/c1-10-3-5-11(6-4-10)17-16(18(23)24)13(21(2)20-17)8-14(22)15-7-12(19)9-25-15/h3-7,9H,8H2,1-2H3,(H,23,24). The van der Waals surface area contributed by atoms with Crippen LogP contribution < -0.4 is 0 Å². The molecule has 0 fully saturated rings. The number of ketones is 1. The van der Waals surface area contributed by atoms with Gasteiger partial charge in [-0.1, -0.05) is 41.4 Å². The third kappa shape index (κ3) is 3.50. The molecule has 0 saturated carbocycles. The zero-order valence-corrected chi connectivity index (χ0v) is 15.2. The van der Waals surface area contributed by atoms with Gasteiger partial charge in [-0.3, -0.25) is 9.48 Å². The molecule has 25 heavy (non-hydrogen) atoms. The van der Waals surface area contributed by atoms with Crippen LogP contribution >= 0.6 is 22.9 Å². The number of rotatable bonds is 5. The van der Waals surface area contributed by atoms with E-state index in [0.717, 1.165) is 5.56 Å². The highest BCUT2D eigenvalue weighted by atomic mass is 35.5. The predicted molar refractivity (Wildman–Crippen MR) is 97.7 cm³/mol. The number of aryl methyl sites for hydroxylation is 2. The SMILES string of the molecule is Cc1ccc(-c2nn(C)c(CC(=O)c3cc(Cl)cs3)c2C(=O)O)cc1. The summed E-state index contributed by atoms with van der Waals surface area (Å²) >= 11 is 7.11. The molecular weight excluding hydrogens is 360 g/mol. The van der Waals surface area contributed by atoms with Crippen molar-refractivity contribution in [3.05, 3.63) is 62.4 Å². The Morgan fingerprint density at radius 3 is 2.52 bits per heavy atom. The van der Waals surface area contributed by atoms with Crippen LogP contribution in [0.2, 0.25) is 5.02 Å². The first kappa shape index (κ1) is 17.4. The molecular formula is C18H15ClN2O3S. The summed E-state index contributed by atoms with van der Waals surface area (Å²) in [4.78, 5) is 24.8. The molecule has 0 unspecified atom stereocenters. The van der Waals surface area contributed by atoms with Gasteiger partial charge in [-0.2, -0.15) is 5.10 Å². The van der Waals surface area contributed by atoms with Gasteiger partial charge in [-0.15, -0.1) is 11.3 Å². The largest absolute Gasteiger partial charge is 0.478 e. The highest BCUT2D eigenvalue weighted by Crippen LogP contribution is 2.28. The Balaban J connectivity index is 2.03. The molecule has 1 N–H and O–H groups in total. The highest BCUT2D eigenvalue weighted by Gasteiger charge is 2.25. The molecule has 2 aromatic heterocycles. The Hall–Kier alpha value is -2.44. The maximum Gasteiger partial charge on any atom is 0.339 e. The zero-order valence-electron chi connectivity index (χ0n) is 13.6. The number of hydrogen-bond acceptors (Lipinski definition) is 4. The van der Waals surface area contributed by atoms with Gasteiger partial charge in [0, 0.05) is 18.0 Å². The Labute approximate surface area is 153 Å². The molecule has 0 aliphatic carbocycles. The van der Waals surface area contributed by atoms with Gasteiger partial charge in [0.25, 0.3) is 0 Å². The van der Waals surface area contributed by atoms with E-state index in [2.05, 4.69) is 5.10 Å². The summed E-state index contributed by atoms with van der Waals surface area (Å²) in [6, 6.07) is 9.04. The van der Waals surface area contributed by atoms with Gasteiger partial charge < -0.3 is 5.11 Å². The molecule has 128 valence electrons. The average Bonchev–Trinajstić information content (AvgIpc) is 3.12. The molecule has 3 aromatic rings. The van der Waals surface area contributed by atoms with Crippen molar-refractivity contribution in [2.75, 3.05) is 0 Å². The summed E-state index contributed by atoms with van der Waals surface area (Å²) in [5, 5.41) is 16.2. The van der Waals surface area contributed by atoms with Gasteiger partial charge in [0.05, 0.1) is 22.0 Å². The summed E-state index contributed by atoms with van der Waals surface area (Å²) in [6.07, 6.45) is -0.0478. The van der Waals surface area contributed by atoms with E-state index in [4.69, 9.17) is 11.6 Å². The number of halogens is 1. The molecule has 0 amide bonds. The molecule has 5 nitrogen and oxygen atoms in total. The molecule has 0 bridgehead atoms. The van der Waals surface area contributed by atoms with Crippen LogP contribution in [0.4, 0.5) is 0 Å². The number of nitrogens with zero attached hydrogens (tertiary/aromatic N) is 2. The van der Waals surface area contributed by atoms with Crippen LogP contribution in [0.1, 0.15) is 31.3 Å². The van der Waals surface area contributed by atoms with Gasteiger partial charge in [0.15, 0.2) is 5.78 Å². The number of hydrogen-bond donors (Lipinski definition) is 1. The fraction of sp³-hybridized carbons (Fsp3) is 0.167. The zero-order chi connectivity index (χ0) is 18.1. The number of carboxylic acid groups (broad SMARTS) is 1. The Kier molecular flexibility index (Phi) is 4.74. The van der Waals surface area contributed by atoms with Crippen LogP contribution in [-0.4, -0.2) is 26.6 Å². The smallest absolute Gasteiger partial charge is 0.339 e. The van der Waals surface area contributed by atoms with Crippen molar-refractivity contribution in [3.8, 4) is 11.3 Å². The van der Waals surface area contributed by atoms with Gasteiger partial charge >= 0.3 is 5.97 Å². The minimum Gasteiger partial charge on any atom is -0.478 e. The van der Waals surface area contributed by atoms with E-state index in [-0.39, 0.29) is 17.8 Å². The number of aromatic carboxylic acids is 1. The second-order valence-corrected chi connectivity index (χ2v) is 7.04. The lowest BCUT2D eigenvalue weighted by Gasteiger charge is -2.03. The Morgan fingerprint density at radius 1 is 1.28 bits per heavy atom. The number of carbonyl (C=O) groups excluding carboxylic acids is 1. The van der Waals surface area contributed by atoms with E-state index in [1.54, 1.807) is 18.5 Å². The molecule has 0 spiro atoms. The summed E-state index contributed by atoms with van der Waals surface area (Å²) in [6.45, 7) is 1.95. The lowest BCUT2D eigenvalue weighted by atomic mass is 10.0. The predicted octanol–water partition coefficient (Wildman–Crippen LogP) is 4.23. The highest BCUT2D eigenvalue weighted by molar-refractivity contribution is 7.12. The van der Waals surface area contributed by atoms with Crippen molar-refractivity contribution < 1.29 is 14.7 Å². The van der Waals surface area contributed by atoms with Gasteiger partial charge in [0.1, 0.15) is 11.3 Å². The first-order valence-corrected chi connectivity index (χ1v) is 8.76. The minimum absolute atomic E-state index is 0.0478. The summed E-state index contributed by atoms with van der Waals surface area (Å²) in [7, 11) is 1.65. The molecule has 0 radical (unpaired) electrons. The third-order valence-corrected chi connectivity index (χ3v) is 5.19. The number of Topliss-reactive ketones (excluding diaryl/α,β-unsaturated/α-hetero) is 1. The summed E-state index contributed by atoms with van der Waals surface area (Å²) in [5.41, 5.74) is 2.57. The second kappa shape index (κ2) is 6.82. The third-order valence-electron chi connectivity index (χ3n) is 3.88. The summed E-state index contributed by atoms with van der Waals surface area (Å²) in [5.74, 6) is -1.28. The van der Waals surface area contributed by atoms with Crippen molar-refractivity contribution >= 4 is 34.7 Å². The van der Waals surface area contributed by atoms with Crippen LogP contribution in [0.15, 0.2) is 35.7 Å². The molecule has 0 aliphatic heterocycles. The fourth-order valence-corrected chi connectivity index (χ4v) is 3.61. The van der Waals surface area contributed by atoms with E-state index < -0.39 is 5.97 Å². The van der Waals surface area contributed by atoms with E-state index in [1.807, 2.05) is 31.2 Å². The number of carboxylic acids is 1. The minimum atomic E-state index is -1.10. The molecule has 7 heteroatoms. The monoisotopic (exact) mass is 374 g/mol. The van der Waals surface area contributed by atoms with Gasteiger partial charge in [-0.05, 0) is 13.0 Å². The topological polar surface area (TPSA) is 72.2 Å². The average molecular weight is 375 g/mol. The number of aromatic nitrogens is 2. The van der Waals surface area contributed by atoms with E-state index >= 15 is 0 Å². The lowest BCUT2D eigenvalue weighted by molar-refractivity contribution is 0.0696. The molecule has 2 heterocycles. The van der Waals surface area contributed by atoms with Crippen LogP contribution in [0.5, 0.6) is 0 Å². The first-order chi connectivity index (χ1) is 11.9. The maximum atomic E-state index is 12.5. The second-order valence-electron chi connectivity index (χ2n) is 5.69. The number of benzene rings is 1. The molecule has 3 rings (SSSR count). The van der Waals surface area contributed by atoms with Crippen molar-refractivity contribution in [1.29, 1.82) is 0 Å². The maximum absolute atomic E-state index is 12.5. The van der Waals surface area contributed by atoms with Crippen molar-refractivity contribution in [2.24, 2.45) is 7.05 Å². The van der Waals surface area contributed by atoms with Crippen molar-refractivity contribution in [2.45, 2.75) is 13.3 Å². The Morgan fingerprint density at radius 2 is 1.96 bits per heavy atom. The molecule has 0 aliphatic rings. The van der Waals surface area contributed by atoms with Gasteiger partial charge in [0.2, 0.25) is 0 Å². The summed E-state index contributed by atoms with van der Waals surface area (Å²) < 4.78 is 1.46.